The van der Waals surface area contributed by atoms with Crippen molar-refractivity contribution in [2.24, 2.45) is 11.8 Å². The molecule has 3 aliphatic rings. The van der Waals surface area contributed by atoms with Crippen molar-refractivity contribution in [2.45, 2.75) is 18.3 Å². The van der Waals surface area contributed by atoms with Crippen LogP contribution in [0.3, 0.4) is 0 Å². The molecule has 4 atom stereocenters. The lowest BCUT2D eigenvalue weighted by Crippen LogP contribution is -2.44. The third-order valence-electron chi connectivity index (χ3n) is 7.01. The highest BCUT2D eigenvalue weighted by molar-refractivity contribution is 6.32. The van der Waals surface area contributed by atoms with Crippen LogP contribution in [0.2, 0.25) is 5.02 Å². The molecule has 0 unspecified atom stereocenters. The minimum Gasteiger partial charge on any atom is -0.461 e. The van der Waals surface area contributed by atoms with Gasteiger partial charge in [0.2, 0.25) is 17.6 Å². The van der Waals surface area contributed by atoms with E-state index in [-0.39, 0.29) is 11.4 Å². The van der Waals surface area contributed by atoms with Crippen LogP contribution < -0.4 is 4.90 Å². The topological polar surface area (TPSA) is 70.8 Å². The standard InChI is InChI=1S/C26H16ClF3N2O4/c27-17-8-7-14(12-16(17)26(28,29)30)32-24(34)19-20(25(32)35)22(23(33)18-6-3-11-36-18)31-10-9-13-4-1-2-5-15(13)21(19)31/h1-12,19-22H/t19-,20+,21+,22-/m0/s1. The number of carbonyl (C=O) groups excluding carboxylic acids is 3. The molecule has 0 radical (unpaired) electrons. The first-order valence-electron chi connectivity index (χ1n) is 11.1. The Morgan fingerprint density at radius 2 is 1.72 bits per heavy atom. The first kappa shape index (κ1) is 22.6. The van der Waals surface area contributed by atoms with Gasteiger partial charge in [-0.1, -0.05) is 35.9 Å². The van der Waals surface area contributed by atoms with Crippen LogP contribution in [0, 0.1) is 11.8 Å². The number of hydrogen-bond acceptors (Lipinski definition) is 5. The van der Waals surface area contributed by atoms with Crippen LogP contribution in [0.25, 0.3) is 6.08 Å². The minimum atomic E-state index is -4.78. The van der Waals surface area contributed by atoms with E-state index in [4.69, 9.17) is 16.0 Å². The largest absolute Gasteiger partial charge is 0.461 e. The van der Waals surface area contributed by atoms with Gasteiger partial charge in [0.1, 0.15) is 6.04 Å². The molecular formula is C26H16ClF3N2O4. The number of Topliss-reactive ketones (excluding diaryl/α,β-unsaturated/α-hetero) is 1. The monoisotopic (exact) mass is 512 g/mol. The van der Waals surface area contributed by atoms with Crippen molar-refractivity contribution in [3.8, 4) is 0 Å². The fraction of sp³-hybridized carbons (Fsp3) is 0.192. The number of carbonyl (C=O) groups is 3. The lowest BCUT2D eigenvalue weighted by Gasteiger charge is -2.35. The Bertz CT molecular complexity index is 1450. The molecule has 6 nitrogen and oxygen atoms in total. The highest BCUT2D eigenvalue weighted by Gasteiger charge is 2.65. The number of amides is 2. The number of hydrogen-bond donors (Lipinski definition) is 0. The normalized spacial score (nSPS) is 24.7. The molecule has 2 amide bonds. The Hall–Kier alpha value is -3.85. The molecule has 3 aromatic rings. The molecule has 36 heavy (non-hydrogen) atoms. The Balaban J connectivity index is 1.49. The van der Waals surface area contributed by atoms with E-state index in [1.807, 2.05) is 18.2 Å². The second kappa shape index (κ2) is 7.83. The predicted octanol–water partition coefficient (Wildman–Crippen LogP) is 5.35. The number of rotatable bonds is 3. The summed E-state index contributed by atoms with van der Waals surface area (Å²) in [6.45, 7) is 0. The lowest BCUT2D eigenvalue weighted by molar-refractivity contribution is -0.137. The molecule has 182 valence electrons. The second-order valence-corrected chi connectivity index (χ2v) is 9.26. The predicted molar refractivity (Wildman–Crippen MR) is 123 cm³/mol. The smallest absolute Gasteiger partial charge is 0.417 e. The molecule has 10 heteroatoms. The number of anilines is 1. The first-order chi connectivity index (χ1) is 17.2. The Morgan fingerprint density at radius 1 is 0.972 bits per heavy atom. The molecule has 0 spiro atoms. The zero-order valence-electron chi connectivity index (χ0n) is 18.3. The average molecular weight is 513 g/mol. The van der Waals surface area contributed by atoms with Gasteiger partial charge >= 0.3 is 6.18 Å². The molecule has 6 rings (SSSR count). The fourth-order valence-corrected chi connectivity index (χ4v) is 5.77. The summed E-state index contributed by atoms with van der Waals surface area (Å²) in [5.74, 6) is -3.99. The third kappa shape index (κ3) is 3.15. The van der Waals surface area contributed by atoms with Gasteiger partial charge in [0.05, 0.1) is 40.4 Å². The maximum atomic E-state index is 13.8. The van der Waals surface area contributed by atoms with E-state index < -0.39 is 58.3 Å². The van der Waals surface area contributed by atoms with Gasteiger partial charge in [-0.2, -0.15) is 13.2 Å². The van der Waals surface area contributed by atoms with Gasteiger partial charge in [-0.05, 0) is 47.5 Å². The maximum absolute atomic E-state index is 13.8. The molecule has 0 bridgehead atoms. The number of fused-ring (bicyclic) bond motifs is 5. The van der Waals surface area contributed by atoms with E-state index in [0.717, 1.165) is 22.1 Å². The van der Waals surface area contributed by atoms with E-state index in [2.05, 4.69) is 0 Å². The van der Waals surface area contributed by atoms with E-state index >= 15 is 0 Å². The molecule has 1 aromatic heterocycles. The summed E-state index contributed by atoms with van der Waals surface area (Å²) in [5.41, 5.74) is 0.176. The molecule has 2 saturated heterocycles. The van der Waals surface area contributed by atoms with Crippen molar-refractivity contribution in [3.05, 3.63) is 94.5 Å². The van der Waals surface area contributed by atoms with Crippen LogP contribution in [-0.4, -0.2) is 28.5 Å². The molecular weight excluding hydrogens is 497 g/mol. The zero-order valence-corrected chi connectivity index (χ0v) is 19.0. The fourth-order valence-electron chi connectivity index (χ4n) is 5.55. The number of ketones is 1. The molecule has 3 aliphatic heterocycles. The van der Waals surface area contributed by atoms with Crippen molar-refractivity contribution in [1.29, 1.82) is 0 Å². The van der Waals surface area contributed by atoms with Crippen LogP contribution in [-0.2, 0) is 15.8 Å². The number of halogens is 4. The van der Waals surface area contributed by atoms with Crippen molar-refractivity contribution in [2.75, 3.05) is 4.90 Å². The summed E-state index contributed by atoms with van der Waals surface area (Å²) in [6.07, 6.45) is 0.0396. The minimum absolute atomic E-state index is 0.0243. The van der Waals surface area contributed by atoms with Gasteiger partial charge in [-0.15, -0.1) is 0 Å². The summed E-state index contributed by atoms with van der Waals surface area (Å²) < 4.78 is 45.8. The van der Waals surface area contributed by atoms with Gasteiger partial charge in [0.15, 0.2) is 5.76 Å². The van der Waals surface area contributed by atoms with E-state index in [1.54, 1.807) is 29.3 Å². The summed E-state index contributed by atoms with van der Waals surface area (Å²) in [5, 5.41) is -0.547. The van der Waals surface area contributed by atoms with E-state index in [9.17, 15) is 27.6 Å². The summed E-state index contributed by atoms with van der Waals surface area (Å²) >= 11 is 5.75. The highest BCUT2D eigenvalue weighted by Crippen LogP contribution is 2.54. The lowest BCUT2D eigenvalue weighted by atomic mass is 9.84. The average Bonchev–Trinajstić information content (AvgIpc) is 3.55. The van der Waals surface area contributed by atoms with E-state index in [1.165, 1.54) is 18.4 Å². The summed E-state index contributed by atoms with van der Waals surface area (Å²) in [6, 6.07) is 11.5. The molecule has 0 saturated carbocycles. The molecule has 0 aliphatic carbocycles. The quantitative estimate of drug-likeness (QED) is 0.349. The van der Waals surface area contributed by atoms with Crippen LogP contribution in [0.5, 0.6) is 0 Å². The number of alkyl halides is 3. The van der Waals surface area contributed by atoms with Crippen LogP contribution in [0.15, 0.2) is 71.5 Å². The SMILES string of the molecule is O=C(c1ccco1)[C@@H]1[C@@H]2C(=O)N(c3ccc(Cl)c(C(F)(F)F)c3)C(=O)[C@@H]2[C@H]2c3ccccc3C=CN12. The van der Waals surface area contributed by atoms with Crippen molar-refractivity contribution >= 4 is 41.0 Å². The van der Waals surface area contributed by atoms with Crippen LogP contribution in [0.1, 0.15) is 33.3 Å². The van der Waals surface area contributed by atoms with E-state index in [0.29, 0.717) is 6.07 Å². The molecule has 4 heterocycles. The second-order valence-electron chi connectivity index (χ2n) is 8.85. The summed E-state index contributed by atoms with van der Waals surface area (Å²) in [7, 11) is 0. The van der Waals surface area contributed by atoms with Gasteiger partial charge in [0.25, 0.3) is 0 Å². The Kier molecular flexibility index (Phi) is 4.91. The number of nitrogens with zero attached hydrogens (tertiary/aromatic N) is 2. The van der Waals surface area contributed by atoms with Crippen molar-refractivity contribution < 1.29 is 32.0 Å². The zero-order chi connectivity index (χ0) is 25.4. The molecule has 0 N–H and O–H groups in total. The number of furan rings is 1. The first-order valence-corrected chi connectivity index (χ1v) is 11.4. The Labute approximate surface area is 207 Å². The van der Waals surface area contributed by atoms with Gasteiger partial charge in [-0.25, -0.2) is 4.90 Å². The van der Waals surface area contributed by atoms with Gasteiger partial charge in [0, 0.05) is 6.20 Å². The third-order valence-corrected chi connectivity index (χ3v) is 7.34. The summed E-state index contributed by atoms with van der Waals surface area (Å²) in [4.78, 5) is 43.5. The highest BCUT2D eigenvalue weighted by atomic mass is 35.5. The van der Waals surface area contributed by atoms with Crippen molar-refractivity contribution in [1.82, 2.24) is 4.90 Å². The molecule has 2 fully saturated rings. The number of benzene rings is 2. The van der Waals surface area contributed by atoms with Crippen molar-refractivity contribution in [3.63, 3.8) is 0 Å². The van der Waals surface area contributed by atoms with Crippen LogP contribution >= 0.6 is 11.6 Å². The maximum Gasteiger partial charge on any atom is 0.417 e. The van der Waals surface area contributed by atoms with Gasteiger partial charge < -0.3 is 9.32 Å². The number of imide groups is 1. The molecule has 2 aromatic carbocycles. The van der Waals surface area contributed by atoms with Crippen LogP contribution in [0.4, 0.5) is 18.9 Å². The van der Waals surface area contributed by atoms with Gasteiger partial charge in [-0.3, -0.25) is 14.4 Å². The Morgan fingerprint density at radius 3 is 2.44 bits per heavy atom.